The monoisotopic (exact) mass is 527 g/mol. The third kappa shape index (κ3) is 5.96. The normalized spacial score (nSPS) is 17.7. The molecule has 2 atom stereocenters. The van der Waals surface area contributed by atoms with E-state index in [4.69, 9.17) is 4.74 Å². The number of ether oxygens (including phenoxy) is 1. The molecule has 8 heteroatoms. The first-order chi connectivity index (χ1) is 18.9. The molecule has 2 aliphatic rings. The molecular formula is C31H33N3O5. The summed E-state index contributed by atoms with van der Waals surface area (Å²) in [6.07, 6.45) is -1.31. The van der Waals surface area contributed by atoms with Crippen LogP contribution in [0.1, 0.15) is 36.0 Å². The molecule has 3 aromatic carbocycles. The van der Waals surface area contributed by atoms with E-state index in [2.05, 4.69) is 34.5 Å². The molecular weight excluding hydrogens is 494 g/mol. The second kappa shape index (κ2) is 11.7. The van der Waals surface area contributed by atoms with E-state index in [-0.39, 0.29) is 18.6 Å². The van der Waals surface area contributed by atoms with Crippen LogP contribution >= 0.6 is 0 Å². The molecule has 1 heterocycles. The largest absolute Gasteiger partial charge is 0.481 e. The molecule has 8 nitrogen and oxygen atoms in total. The van der Waals surface area contributed by atoms with Crippen LogP contribution in [0, 0.1) is 0 Å². The smallest absolute Gasteiger partial charge is 0.407 e. The number of amides is 2. The predicted octanol–water partition coefficient (Wildman–Crippen LogP) is 4.10. The minimum absolute atomic E-state index is 0.0857. The van der Waals surface area contributed by atoms with E-state index in [1.807, 2.05) is 61.5 Å². The first-order valence-electron chi connectivity index (χ1n) is 13.3. The predicted molar refractivity (Wildman–Crippen MR) is 147 cm³/mol. The molecule has 2 N–H and O–H groups in total. The number of carbonyl (C=O) groups is 3. The summed E-state index contributed by atoms with van der Waals surface area (Å²) in [5.41, 5.74) is 5.58. The van der Waals surface area contributed by atoms with Crippen molar-refractivity contribution < 1.29 is 24.2 Å². The first-order valence-corrected chi connectivity index (χ1v) is 13.3. The van der Waals surface area contributed by atoms with Gasteiger partial charge in [-0.05, 0) is 34.7 Å². The lowest BCUT2D eigenvalue weighted by Gasteiger charge is -2.41. The highest BCUT2D eigenvalue weighted by Gasteiger charge is 2.35. The van der Waals surface area contributed by atoms with Gasteiger partial charge in [0, 0.05) is 38.1 Å². The molecule has 0 aromatic heterocycles. The number of rotatable bonds is 8. The van der Waals surface area contributed by atoms with Crippen LogP contribution in [0.15, 0.2) is 78.9 Å². The number of nitrogens with one attached hydrogen (secondary N) is 1. The number of fused-ring (bicyclic) bond motifs is 3. The van der Waals surface area contributed by atoms with Crippen LogP contribution in [0.4, 0.5) is 4.79 Å². The quantitative estimate of drug-likeness (QED) is 0.458. The molecule has 1 aliphatic heterocycles. The Morgan fingerprint density at radius 3 is 2.15 bits per heavy atom. The van der Waals surface area contributed by atoms with Gasteiger partial charge < -0.3 is 20.1 Å². The van der Waals surface area contributed by atoms with Gasteiger partial charge in [0.05, 0.1) is 6.42 Å². The van der Waals surface area contributed by atoms with Crippen LogP contribution in [-0.4, -0.2) is 71.2 Å². The van der Waals surface area contributed by atoms with E-state index in [9.17, 15) is 19.5 Å². The average Bonchev–Trinajstić information content (AvgIpc) is 3.25. The number of aliphatic carboxylic acids is 1. The van der Waals surface area contributed by atoms with E-state index in [1.54, 1.807) is 4.90 Å². The Morgan fingerprint density at radius 2 is 1.54 bits per heavy atom. The van der Waals surface area contributed by atoms with Crippen molar-refractivity contribution in [3.63, 3.8) is 0 Å². The Hall–Kier alpha value is -4.17. The van der Waals surface area contributed by atoms with Crippen LogP contribution in [0.2, 0.25) is 0 Å². The van der Waals surface area contributed by atoms with Crippen molar-refractivity contribution in [1.82, 2.24) is 15.1 Å². The highest BCUT2D eigenvalue weighted by Crippen LogP contribution is 2.44. The standard InChI is InChI=1S/C31H33N3O5/c1-21-18-33(19-22-9-3-2-4-10-22)15-16-34(21)30(37)28(17-29(35)36)32-31(38)39-20-27-25-13-7-5-11-23(25)24-12-6-8-14-26(24)27/h2-14,21,27-28H,15-20H2,1H3,(H,32,38)(H,35,36). The average molecular weight is 528 g/mol. The van der Waals surface area contributed by atoms with Crippen molar-refractivity contribution >= 4 is 18.0 Å². The van der Waals surface area contributed by atoms with E-state index in [1.165, 1.54) is 5.56 Å². The van der Waals surface area contributed by atoms with Crippen LogP contribution in [0.5, 0.6) is 0 Å². The third-order valence-corrected chi connectivity index (χ3v) is 7.56. The molecule has 1 fully saturated rings. The number of alkyl carbamates (subject to hydrolysis) is 1. The maximum atomic E-state index is 13.4. The zero-order chi connectivity index (χ0) is 27.4. The van der Waals surface area contributed by atoms with Gasteiger partial charge in [-0.15, -0.1) is 0 Å². The van der Waals surface area contributed by atoms with Gasteiger partial charge in [0.2, 0.25) is 5.91 Å². The van der Waals surface area contributed by atoms with E-state index in [0.29, 0.717) is 19.6 Å². The molecule has 0 radical (unpaired) electrons. The number of carbonyl (C=O) groups excluding carboxylic acids is 2. The Balaban J connectivity index is 1.20. The minimum Gasteiger partial charge on any atom is -0.481 e. The number of carboxylic acid groups (broad SMARTS) is 1. The fourth-order valence-corrected chi connectivity index (χ4v) is 5.70. The Kier molecular flexibility index (Phi) is 7.93. The molecule has 1 aliphatic carbocycles. The summed E-state index contributed by atoms with van der Waals surface area (Å²) in [4.78, 5) is 41.8. The molecule has 1 saturated heterocycles. The maximum Gasteiger partial charge on any atom is 0.407 e. The van der Waals surface area contributed by atoms with E-state index in [0.717, 1.165) is 28.8 Å². The van der Waals surface area contributed by atoms with Gasteiger partial charge in [-0.3, -0.25) is 14.5 Å². The summed E-state index contributed by atoms with van der Waals surface area (Å²) in [6.45, 7) is 4.59. The fourth-order valence-electron chi connectivity index (χ4n) is 5.70. The number of piperazine rings is 1. The highest BCUT2D eigenvalue weighted by molar-refractivity contribution is 5.89. The van der Waals surface area contributed by atoms with Crippen molar-refractivity contribution in [2.45, 2.75) is 37.9 Å². The van der Waals surface area contributed by atoms with Gasteiger partial charge in [0.15, 0.2) is 0 Å². The Morgan fingerprint density at radius 1 is 0.923 bits per heavy atom. The topological polar surface area (TPSA) is 99.2 Å². The summed E-state index contributed by atoms with van der Waals surface area (Å²) in [7, 11) is 0. The maximum absolute atomic E-state index is 13.4. The molecule has 2 amide bonds. The molecule has 39 heavy (non-hydrogen) atoms. The lowest BCUT2D eigenvalue weighted by Crippen LogP contribution is -2.58. The van der Waals surface area contributed by atoms with Crippen LogP contribution in [0.25, 0.3) is 11.1 Å². The first kappa shape index (κ1) is 26.4. The second-order valence-corrected chi connectivity index (χ2v) is 10.2. The zero-order valence-electron chi connectivity index (χ0n) is 22.0. The van der Waals surface area contributed by atoms with Crippen LogP contribution in [0.3, 0.4) is 0 Å². The number of hydrogen-bond acceptors (Lipinski definition) is 5. The number of benzene rings is 3. The summed E-state index contributed by atoms with van der Waals surface area (Å²) in [5.74, 6) is -1.70. The van der Waals surface area contributed by atoms with E-state index >= 15 is 0 Å². The summed E-state index contributed by atoms with van der Waals surface area (Å²) < 4.78 is 5.58. The van der Waals surface area contributed by atoms with Gasteiger partial charge in [0.25, 0.3) is 0 Å². The van der Waals surface area contributed by atoms with Crippen LogP contribution < -0.4 is 5.32 Å². The summed E-state index contributed by atoms with van der Waals surface area (Å²) in [6, 6.07) is 24.8. The number of carboxylic acids is 1. The molecule has 202 valence electrons. The highest BCUT2D eigenvalue weighted by atomic mass is 16.5. The number of nitrogens with zero attached hydrogens (tertiary/aromatic N) is 2. The van der Waals surface area contributed by atoms with Crippen molar-refractivity contribution in [2.24, 2.45) is 0 Å². The van der Waals surface area contributed by atoms with Gasteiger partial charge >= 0.3 is 12.1 Å². The van der Waals surface area contributed by atoms with Gasteiger partial charge in [-0.1, -0.05) is 78.9 Å². The van der Waals surface area contributed by atoms with Crippen molar-refractivity contribution in [3.05, 3.63) is 95.6 Å². The van der Waals surface area contributed by atoms with Crippen molar-refractivity contribution in [1.29, 1.82) is 0 Å². The van der Waals surface area contributed by atoms with E-state index < -0.39 is 30.4 Å². The molecule has 5 rings (SSSR count). The fraction of sp³-hybridized carbons (Fsp3) is 0.323. The van der Waals surface area contributed by atoms with Gasteiger partial charge in [-0.25, -0.2) is 4.79 Å². The molecule has 0 saturated carbocycles. The Bertz CT molecular complexity index is 1300. The number of hydrogen-bond donors (Lipinski definition) is 2. The molecule has 0 spiro atoms. The lowest BCUT2D eigenvalue weighted by atomic mass is 9.98. The third-order valence-electron chi connectivity index (χ3n) is 7.56. The van der Waals surface area contributed by atoms with Crippen molar-refractivity contribution in [3.8, 4) is 11.1 Å². The molecule has 0 bridgehead atoms. The Labute approximate surface area is 228 Å². The minimum atomic E-state index is -1.21. The summed E-state index contributed by atoms with van der Waals surface area (Å²) in [5, 5.41) is 12.0. The molecule has 2 unspecified atom stereocenters. The van der Waals surface area contributed by atoms with Gasteiger partial charge in [-0.2, -0.15) is 0 Å². The zero-order valence-corrected chi connectivity index (χ0v) is 22.0. The SMILES string of the molecule is CC1CN(Cc2ccccc2)CCN1C(=O)C(CC(=O)O)NC(=O)OCC1c2ccccc2-c2ccccc21. The lowest BCUT2D eigenvalue weighted by molar-refractivity contribution is -0.144. The second-order valence-electron chi connectivity index (χ2n) is 10.2. The molecule has 3 aromatic rings. The van der Waals surface area contributed by atoms with Crippen LogP contribution in [-0.2, 0) is 20.9 Å². The summed E-state index contributed by atoms with van der Waals surface area (Å²) >= 11 is 0. The van der Waals surface area contributed by atoms with Crippen molar-refractivity contribution in [2.75, 3.05) is 26.2 Å². The van der Waals surface area contributed by atoms with Gasteiger partial charge in [0.1, 0.15) is 12.6 Å².